The van der Waals surface area contributed by atoms with Crippen LogP contribution >= 0.6 is 0 Å². The lowest BCUT2D eigenvalue weighted by molar-refractivity contribution is 0.0940. The number of aromatic nitrogens is 2. The van der Waals surface area contributed by atoms with Crippen LogP contribution < -0.4 is 5.32 Å². The van der Waals surface area contributed by atoms with Gasteiger partial charge in [-0.1, -0.05) is 60.7 Å². The Morgan fingerprint density at radius 3 is 2.43 bits per heavy atom. The SMILES string of the molecule is Cn1c(C(=O)NCCc2ccccc2)nc2c1CCN(Cc1ccccc1)C2. The Kier molecular flexibility index (Phi) is 5.53. The highest BCUT2D eigenvalue weighted by molar-refractivity contribution is 5.91. The molecule has 0 fully saturated rings. The van der Waals surface area contributed by atoms with Gasteiger partial charge in [0.05, 0.1) is 5.69 Å². The second kappa shape index (κ2) is 8.40. The number of rotatable bonds is 6. The van der Waals surface area contributed by atoms with Crippen LogP contribution in [-0.2, 0) is 33.0 Å². The Balaban J connectivity index is 1.38. The molecule has 2 heterocycles. The first-order valence-corrected chi connectivity index (χ1v) is 9.83. The average molecular weight is 374 g/mol. The molecule has 5 heteroatoms. The Bertz CT molecular complexity index is 934. The van der Waals surface area contributed by atoms with Gasteiger partial charge in [-0.15, -0.1) is 0 Å². The molecule has 1 amide bonds. The van der Waals surface area contributed by atoms with E-state index >= 15 is 0 Å². The van der Waals surface area contributed by atoms with E-state index in [-0.39, 0.29) is 5.91 Å². The molecule has 1 aliphatic rings. The number of nitrogens with one attached hydrogen (secondary N) is 1. The number of nitrogens with zero attached hydrogens (tertiary/aromatic N) is 3. The van der Waals surface area contributed by atoms with Gasteiger partial charge in [-0.05, 0) is 17.5 Å². The van der Waals surface area contributed by atoms with Gasteiger partial charge in [0.25, 0.3) is 5.91 Å². The minimum atomic E-state index is -0.0950. The summed E-state index contributed by atoms with van der Waals surface area (Å²) in [6.45, 7) is 3.29. The van der Waals surface area contributed by atoms with Crippen LogP contribution in [0.2, 0.25) is 0 Å². The van der Waals surface area contributed by atoms with E-state index in [2.05, 4.69) is 51.6 Å². The zero-order valence-electron chi connectivity index (χ0n) is 16.3. The Labute approximate surface area is 166 Å². The average Bonchev–Trinajstić information content (AvgIpc) is 3.05. The Hall–Kier alpha value is -2.92. The third-order valence-electron chi connectivity index (χ3n) is 5.33. The second-order valence-electron chi connectivity index (χ2n) is 7.33. The topological polar surface area (TPSA) is 50.2 Å². The van der Waals surface area contributed by atoms with E-state index in [0.717, 1.165) is 38.2 Å². The molecule has 0 saturated carbocycles. The minimum absolute atomic E-state index is 0.0950. The number of amides is 1. The molecule has 3 aromatic rings. The minimum Gasteiger partial charge on any atom is -0.349 e. The molecule has 2 aromatic carbocycles. The number of carbonyl (C=O) groups is 1. The normalized spacial score (nSPS) is 13.9. The van der Waals surface area contributed by atoms with Crippen molar-refractivity contribution < 1.29 is 4.79 Å². The molecule has 4 rings (SSSR count). The molecule has 0 bridgehead atoms. The van der Waals surface area contributed by atoms with Crippen molar-refractivity contribution in [2.24, 2.45) is 7.05 Å². The summed E-state index contributed by atoms with van der Waals surface area (Å²) in [5.41, 5.74) is 4.73. The molecular formula is C23H26N4O. The number of benzene rings is 2. The van der Waals surface area contributed by atoms with Crippen molar-refractivity contribution in [3.8, 4) is 0 Å². The molecule has 0 saturated heterocycles. The maximum Gasteiger partial charge on any atom is 0.287 e. The van der Waals surface area contributed by atoms with Crippen LogP contribution in [0, 0.1) is 0 Å². The van der Waals surface area contributed by atoms with E-state index in [9.17, 15) is 4.79 Å². The van der Waals surface area contributed by atoms with Gasteiger partial charge in [-0.2, -0.15) is 0 Å². The standard InChI is InChI=1S/C23H26N4O/c1-26-21-13-15-27(16-19-10-6-3-7-11-19)17-20(21)25-22(26)23(28)24-14-12-18-8-4-2-5-9-18/h2-11H,12-17H2,1H3,(H,24,28). The van der Waals surface area contributed by atoms with Crippen LogP contribution in [0.3, 0.4) is 0 Å². The van der Waals surface area contributed by atoms with E-state index in [0.29, 0.717) is 12.4 Å². The van der Waals surface area contributed by atoms with E-state index in [1.54, 1.807) is 0 Å². The van der Waals surface area contributed by atoms with Gasteiger partial charge in [0.2, 0.25) is 0 Å². The Morgan fingerprint density at radius 1 is 1.04 bits per heavy atom. The second-order valence-corrected chi connectivity index (χ2v) is 7.33. The number of fused-ring (bicyclic) bond motifs is 1. The monoisotopic (exact) mass is 374 g/mol. The first-order valence-electron chi connectivity index (χ1n) is 9.83. The zero-order valence-corrected chi connectivity index (χ0v) is 16.3. The van der Waals surface area contributed by atoms with Crippen molar-refractivity contribution in [1.82, 2.24) is 19.8 Å². The fraction of sp³-hybridized carbons (Fsp3) is 0.304. The fourth-order valence-corrected chi connectivity index (χ4v) is 3.81. The zero-order chi connectivity index (χ0) is 19.3. The van der Waals surface area contributed by atoms with Gasteiger partial charge in [-0.3, -0.25) is 9.69 Å². The van der Waals surface area contributed by atoms with Crippen LogP contribution in [0.25, 0.3) is 0 Å². The molecule has 28 heavy (non-hydrogen) atoms. The van der Waals surface area contributed by atoms with Gasteiger partial charge in [0.1, 0.15) is 0 Å². The lowest BCUT2D eigenvalue weighted by Gasteiger charge is -2.26. The molecule has 5 nitrogen and oxygen atoms in total. The van der Waals surface area contributed by atoms with E-state index < -0.39 is 0 Å². The summed E-state index contributed by atoms with van der Waals surface area (Å²) < 4.78 is 1.97. The molecule has 0 aliphatic carbocycles. The predicted molar refractivity (Wildman–Crippen MR) is 110 cm³/mol. The van der Waals surface area contributed by atoms with Gasteiger partial charge in [-0.25, -0.2) is 4.98 Å². The van der Waals surface area contributed by atoms with Crippen molar-refractivity contribution in [2.45, 2.75) is 25.9 Å². The summed E-state index contributed by atoms with van der Waals surface area (Å²) >= 11 is 0. The van der Waals surface area contributed by atoms with Crippen LogP contribution in [0.1, 0.15) is 33.1 Å². The molecule has 0 spiro atoms. The van der Waals surface area contributed by atoms with Crippen LogP contribution in [0.5, 0.6) is 0 Å². The summed E-state index contributed by atoms with van der Waals surface area (Å²) in [5.74, 6) is 0.419. The molecule has 144 valence electrons. The molecule has 0 radical (unpaired) electrons. The quantitative estimate of drug-likeness (QED) is 0.722. The van der Waals surface area contributed by atoms with Gasteiger partial charge >= 0.3 is 0 Å². The molecule has 1 N–H and O–H groups in total. The van der Waals surface area contributed by atoms with E-state index in [1.165, 1.54) is 16.8 Å². The van der Waals surface area contributed by atoms with Crippen molar-refractivity contribution in [3.05, 3.63) is 89.0 Å². The highest BCUT2D eigenvalue weighted by Crippen LogP contribution is 2.21. The highest BCUT2D eigenvalue weighted by Gasteiger charge is 2.25. The maximum absolute atomic E-state index is 12.6. The third kappa shape index (κ3) is 4.15. The summed E-state index contributed by atoms with van der Waals surface area (Å²) in [6.07, 6.45) is 1.74. The summed E-state index contributed by atoms with van der Waals surface area (Å²) in [4.78, 5) is 19.7. The van der Waals surface area contributed by atoms with Gasteiger partial charge in [0, 0.05) is 45.3 Å². The number of carbonyl (C=O) groups excluding carboxylic acids is 1. The Morgan fingerprint density at radius 2 is 1.71 bits per heavy atom. The van der Waals surface area contributed by atoms with Crippen LogP contribution in [0.15, 0.2) is 60.7 Å². The smallest absolute Gasteiger partial charge is 0.287 e. The predicted octanol–water partition coefficient (Wildman–Crippen LogP) is 2.95. The van der Waals surface area contributed by atoms with Crippen molar-refractivity contribution in [2.75, 3.05) is 13.1 Å². The molecular weight excluding hydrogens is 348 g/mol. The van der Waals surface area contributed by atoms with E-state index in [1.807, 2.05) is 35.9 Å². The third-order valence-corrected chi connectivity index (χ3v) is 5.33. The molecule has 0 unspecified atom stereocenters. The van der Waals surface area contributed by atoms with Gasteiger partial charge < -0.3 is 9.88 Å². The summed E-state index contributed by atoms with van der Waals surface area (Å²) in [7, 11) is 1.95. The van der Waals surface area contributed by atoms with E-state index in [4.69, 9.17) is 0 Å². The van der Waals surface area contributed by atoms with Crippen LogP contribution in [-0.4, -0.2) is 33.4 Å². The first kappa shape index (κ1) is 18.4. The lowest BCUT2D eigenvalue weighted by Crippen LogP contribution is -2.30. The molecule has 1 aromatic heterocycles. The molecule has 1 aliphatic heterocycles. The van der Waals surface area contributed by atoms with Gasteiger partial charge in [0.15, 0.2) is 5.82 Å². The van der Waals surface area contributed by atoms with Crippen LogP contribution in [0.4, 0.5) is 0 Å². The maximum atomic E-state index is 12.6. The van der Waals surface area contributed by atoms with Crippen molar-refractivity contribution >= 4 is 5.91 Å². The summed E-state index contributed by atoms with van der Waals surface area (Å²) in [5, 5.41) is 3.01. The number of hydrogen-bond acceptors (Lipinski definition) is 3. The highest BCUT2D eigenvalue weighted by atomic mass is 16.2. The first-order chi connectivity index (χ1) is 13.7. The number of hydrogen-bond donors (Lipinski definition) is 1. The lowest BCUT2D eigenvalue weighted by atomic mass is 10.1. The largest absolute Gasteiger partial charge is 0.349 e. The fourth-order valence-electron chi connectivity index (χ4n) is 3.81. The number of imidazole rings is 1. The van der Waals surface area contributed by atoms with Crippen molar-refractivity contribution in [1.29, 1.82) is 0 Å². The summed E-state index contributed by atoms with van der Waals surface area (Å²) in [6, 6.07) is 20.7. The molecule has 0 atom stereocenters. The van der Waals surface area contributed by atoms with Crippen molar-refractivity contribution in [3.63, 3.8) is 0 Å².